The average Bonchev–Trinajstić information content (AvgIpc) is 2.89. The number of fused-ring (bicyclic) bond motifs is 2. The lowest BCUT2D eigenvalue weighted by atomic mass is 9.79. The highest BCUT2D eigenvalue weighted by Crippen LogP contribution is 2.54. The molecule has 0 radical (unpaired) electrons. The number of hydrogen-bond acceptors (Lipinski definition) is 2. The number of nitrogens with zero attached hydrogens (tertiary/aromatic N) is 1. The standard InChI is InChI=1S/C13H24N2/c1-2-15(12-5-6-12)13(9-14)8-10-3-4-11(13)7-10/h10-12H,2-9,14H2,1H3. The van der Waals surface area contributed by atoms with Gasteiger partial charge in [-0.2, -0.15) is 0 Å². The molecule has 3 saturated carbocycles. The van der Waals surface area contributed by atoms with Crippen molar-refractivity contribution < 1.29 is 0 Å². The van der Waals surface area contributed by atoms with Crippen molar-refractivity contribution in [1.82, 2.24) is 4.90 Å². The summed E-state index contributed by atoms with van der Waals surface area (Å²) in [6, 6.07) is 0.887. The van der Waals surface area contributed by atoms with Crippen LogP contribution in [0.1, 0.15) is 45.4 Å². The average molecular weight is 208 g/mol. The third-order valence-corrected chi connectivity index (χ3v) is 5.20. The molecule has 2 heteroatoms. The van der Waals surface area contributed by atoms with Gasteiger partial charge in [0, 0.05) is 18.1 Å². The van der Waals surface area contributed by atoms with Gasteiger partial charge in [0.25, 0.3) is 0 Å². The summed E-state index contributed by atoms with van der Waals surface area (Å²) in [6.45, 7) is 4.44. The summed E-state index contributed by atoms with van der Waals surface area (Å²) in [5.74, 6) is 1.93. The summed E-state index contributed by atoms with van der Waals surface area (Å²) in [5.41, 5.74) is 6.57. The van der Waals surface area contributed by atoms with Gasteiger partial charge in [0.1, 0.15) is 0 Å². The van der Waals surface area contributed by atoms with Gasteiger partial charge < -0.3 is 5.73 Å². The van der Waals surface area contributed by atoms with Gasteiger partial charge in [0.15, 0.2) is 0 Å². The molecule has 2 bridgehead atoms. The Hall–Kier alpha value is -0.0800. The van der Waals surface area contributed by atoms with Crippen LogP contribution in [0.25, 0.3) is 0 Å². The van der Waals surface area contributed by atoms with Crippen molar-refractivity contribution in [2.45, 2.75) is 57.0 Å². The Kier molecular flexibility index (Phi) is 2.33. The molecule has 0 saturated heterocycles. The van der Waals surface area contributed by atoms with Crippen molar-refractivity contribution in [2.75, 3.05) is 13.1 Å². The monoisotopic (exact) mass is 208 g/mol. The quantitative estimate of drug-likeness (QED) is 0.765. The van der Waals surface area contributed by atoms with Gasteiger partial charge in [-0.15, -0.1) is 0 Å². The molecular weight excluding hydrogens is 184 g/mol. The Balaban J connectivity index is 1.84. The van der Waals surface area contributed by atoms with Gasteiger partial charge in [0.05, 0.1) is 0 Å². The third kappa shape index (κ3) is 1.38. The number of nitrogens with two attached hydrogens (primary N) is 1. The van der Waals surface area contributed by atoms with Crippen molar-refractivity contribution in [2.24, 2.45) is 17.6 Å². The summed E-state index contributed by atoms with van der Waals surface area (Å²) in [7, 11) is 0. The van der Waals surface area contributed by atoms with Crippen LogP contribution < -0.4 is 5.73 Å². The van der Waals surface area contributed by atoms with Gasteiger partial charge >= 0.3 is 0 Å². The molecule has 0 spiro atoms. The van der Waals surface area contributed by atoms with Crippen molar-refractivity contribution in [3.63, 3.8) is 0 Å². The van der Waals surface area contributed by atoms with Crippen molar-refractivity contribution in [3.8, 4) is 0 Å². The molecule has 3 unspecified atom stereocenters. The molecule has 15 heavy (non-hydrogen) atoms. The van der Waals surface area contributed by atoms with E-state index in [0.717, 1.165) is 24.4 Å². The van der Waals surface area contributed by atoms with Gasteiger partial charge in [-0.05, 0) is 50.5 Å². The first-order valence-electron chi connectivity index (χ1n) is 6.77. The molecule has 3 rings (SSSR count). The minimum atomic E-state index is 0.416. The van der Waals surface area contributed by atoms with E-state index in [9.17, 15) is 0 Å². The molecule has 2 N–H and O–H groups in total. The van der Waals surface area contributed by atoms with Crippen LogP contribution in [0, 0.1) is 11.8 Å². The van der Waals surface area contributed by atoms with E-state index in [1.165, 1.54) is 45.1 Å². The first kappa shape index (κ1) is 10.1. The zero-order chi connectivity index (χ0) is 10.5. The summed E-state index contributed by atoms with van der Waals surface area (Å²) in [5, 5.41) is 0. The highest BCUT2D eigenvalue weighted by atomic mass is 15.3. The Labute approximate surface area is 93.2 Å². The fourth-order valence-corrected chi connectivity index (χ4v) is 4.46. The zero-order valence-electron chi connectivity index (χ0n) is 9.91. The van der Waals surface area contributed by atoms with Crippen LogP contribution in [-0.4, -0.2) is 29.6 Å². The number of hydrogen-bond donors (Lipinski definition) is 1. The predicted octanol–water partition coefficient (Wildman–Crippen LogP) is 1.99. The van der Waals surface area contributed by atoms with Crippen LogP contribution in [0.5, 0.6) is 0 Å². The SMILES string of the molecule is CCN(C1CC1)C1(CN)CC2CCC1C2. The summed E-state index contributed by atoms with van der Waals surface area (Å²) in [4.78, 5) is 2.77. The second-order valence-electron chi connectivity index (χ2n) is 5.91. The highest BCUT2D eigenvalue weighted by Gasteiger charge is 2.55. The van der Waals surface area contributed by atoms with Crippen LogP contribution in [-0.2, 0) is 0 Å². The minimum absolute atomic E-state index is 0.416. The highest BCUT2D eigenvalue weighted by molar-refractivity contribution is 5.10. The van der Waals surface area contributed by atoms with E-state index in [0.29, 0.717) is 5.54 Å². The van der Waals surface area contributed by atoms with Crippen molar-refractivity contribution >= 4 is 0 Å². The Morgan fingerprint density at radius 2 is 2.07 bits per heavy atom. The van der Waals surface area contributed by atoms with E-state index >= 15 is 0 Å². The van der Waals surface area contributed by atoms with Gasteiger partial charge in [-0.3, -0.25) is 4.90 Å². The Morgan fingerprint density at radius 1 is 1.27 bits per heavy atom. The number of likely N-dealkylation sites (N-methyl/N-ethyl adjacent to an activating group) is 1. The van der Waals surface area contributed by atoms with Gasteiger partial charge in [-0.25, -0.2) is 0 Å². The van der Waals surface area contributed by atoms with Crippen molar-refractivity contribution in [3.05, 3.63) is 0 Å². The summed E-state index contributed by atoms with van der Waals surface area (Å²) >= 11 is 0. The molecule has 3 fully saturated rings. The molecule has 0 aromatic rings. The Bertz CT molecular complexity index is 249. The fourth-order valence-electron chi connectivity index (χ4n) is 4.46. The minimum Gasteiger partial charge on any atom is -0.329 e. The maximum absolute atomic E-state index is 6.16. The molecule has 2 nitrogen and oxygen atoms in total. The smallest absolute Gasteiger partial charge is 0.0365 e. The number of rotatable bonds is 4. The molecule has 3 aliphatic carbocycles. The molecule has 86 valence electrons. The molecular formula is C13H24N2. The first-order valence-corrected chi connectivity index (χ1v) is 6.77. The van der Waals surface area contributed by atoms with Crippen LogP contribution >= 0.6 is 0 Å². The second-order valence-corrected chi connectivity index (χ2v) is 5.91. The normalized spacial score (nSPS) is 44.2. The molecule has 0 aliphatic heterocycles. The zero-order valence-corrected chi connectivity index (χ0v) is 9.91. The molecule has 0 heterocycles. The largest absolute Gasteiger partial charge is 0.329 e. The van der Waals surface area contributed by atoms with Crippen LogP contribution in [0.4, 0.5) is 0 Å². The van der Waals surface area contributed by atoms with E-state index in [1.54, 1.807) is 0 Å². The lowest BCUT2D eigenvalue weighted by Gasteiger charge is -2.46. The first-order chi connectivity index (χ1) is 7.30. The molecule has 0 aromatic carbocycles. The lowest BCUT2D eigenvalue weighted by molar-refractivity contribution is 0.0387. The topological polar surface area (TPSA) is 29.3 Å². The van der Waals surface area contributed by atoms with E-state index < -0.39 is 0 Å². The molecule has 3 aliphatic rings. The van der Waals surface area contributed by atoms with E-state index in [-0.39, 0.29) is 0 Å². The second kappa shape index (κ2) is 3.46. The van der Waals surface area contributed by atoms with Crippen LogP contribution in [0.15, 0.2) is 0 Å². The van der Waals surface area contributed by atoms with E-state index in [2.05, 4.69) is 11.8 Å². The van der Waals surface area contributed by atoms with E-state index in [4.69, 9.17) is 5.73 Å². The van der Waals surface area contributed by atoms with Gasteiger partial charge in [-0.1, -0.05) is 13.3 Å². The lowest BCUT2D eigenvalue weighted by Crippen LogP contribution is -2.58. The molecule has 0 amide bonds. The summed E-state index contributed by atoms with van der Waals surface area (Å²) < 4.78 is 0. The summed E-state index contributed by atoms with van der Waals surface area (Å²) in [6.07, 6.45) is 8.65. The maximum atomic E-state index is 6.16. The molecule has 3 atom stereocenters. The van der Waals surface area contributed by atoms with E-state index in [1.807, 2.05) is 0 Å². The fraction of sp³-hybridized carbons (Fsp3) is 1.00. The van der Waals surface area contributed by atoms with Crippen LogP contribution in [0.2, 0.25) is 0 Å². The Morgan fingerprint density at radius 3 is 2.47 bits per heavy atom. The van der Waals surface area contributed by atoms with Crippen LogP contribution in [0.3, 0.4) is 0 Å². The predicted molar refractivity (Wildman–Crippen MR) is 62.6 cm³/mol. The maximum Gasteiger partial charge on any atom is 0.0365 e. The molecule has 0 aromatic heterocycles. The van der Waals surface area contributed by atoms with Gasteiger partial charge in [0.2, 0.25) is 0 Å². The van der Waals surface area contributed by atoms with Crippen molar-refractivity contribution in [1.29, 1.82) is 0 Å². The third-order valence-electron chi connectivity index (χ3n) is 5.20.